The fourth-order valence-corrected chi connectivity index (χ4v) is 2.29. The second kappa shape index (κ2) is 7.39. The second-order valence-corrected chi connectivity index (χ2v) is 4.70. The Kier molecular flexibility index (Phi) is 5.49. The quantitative estimate of drug-likeness (QED) is 0.751. The van der Waals surface area contributed by atoms with Gasteiger partial charge in [0.25, 0.3) is 0 Å². The maximum Gasteiger partial charge on any atom is 0.119 e. The number of ether oxygens (including phenoxy) is 2. The molecule has 0 aromatic heterocycles. The number of nitrogens with one attached hydrogen (secondary N) is 1. The summed E-state index contributed by atoms with van der Waals surface area (Å²) < 4.78 is 11.1. The first kappa shape index (κ1) is 13.4. The van der Waals surface area contributed by atoms with Crippen molar-refractivity contribution in [3.8, 4) is 5.75 Å². The molecule has 0 amide bonds. The van der Waals surface area contributed by atoms with Gasteiger partial charge in [0.1, 0.15) is 12.4 Å². The van der Waals surface area contributed by atoms with Crippen molar-refractivity contribution in [2.24, 2.45) is 0 Å². The van der Waals surface area contributed by atoms with Crippen LogP contribution in [0.2, 0.25) is 0 Å². The number of benzene rings is 1. The van der Waals surface area contributed by atoms with Gasteiger partial charge in [-0.15, -0.1) is 0 Å². The van der Waals surface area contributed by atoms with Gasteiger partial charge < -0.3 is 14.8 Å². The SMILES string of the molecule is CNCCOCCOc1ccc2c(c1)CCCC2. The van der Waals surface area contributed by atoms with Crippen molar-refractivity contribution in [3.63, 3.8) is 0 Å². The van der Waals surface area contributed by atoms with Crippen LogP contribution < -0.4 is 10.1 Å². The van der Waals surface area contributed by atoms with E-state index in [1.54, 1.807) is 0 Å². The van der Waals surface area contributed by atoms with Crippen molar-refractivity contribution >= 4 is 0 Å². The van der Waals surface area contributed by atoms with Crippen molar-refractivity contribution in [2.75, 3.05) is 33.4 Å². The minimum absolute atomic E-state index is 0.627. The maximum atomic E-state index is 5.71. The topological polar surface area (TPSA) is 30.5 Å². The Labute approximate surface area is 109 Å². The number of hydrogen-bond acceptors (Lipinski definition) is 3. The highest BCUT2D eigenvalue weighted by molar-refractivity contribution is 5.37. The molecular weight excluding hydrogens is 226 g/mol. The lowest BCUT2D eigenvalue weighted by Gasteiger charge is -2.16. The van der Waals surface area contributed by atoms with E-state index in [2.05, 4.69) is 23.5 Å². The van der Waals surface area contributed by atoms with Gasteiger partial charge in [-0.2, -0.15) is 0 Å². The van der Waals surface area contributed by atoms with Crippen LogP contribution in [0, 0.1) is 0 Å². The smallest absolute Gasteiger partial charge is 0.119 e. The van der Waals surface area contributed by atoms with Gasteiger partial charge in [-0.05, 0) is 56.0 Å². The zero-order chi connectivity index (χ0) is 12.6. The van der Waals surface area contributed by atoms with Crippen LogP contribution in [0.1, 0.15) is 24.0 Å². The van der Waals surface area contributed by atoms with Crippen molar-refractivity contribution in [2.45, 2.75) is 25.7 Å². The lowest BCUT2D eigenvalue weighted by Crippen LogP contribution is -2.16. The van der Waals surface area contributed by atoms with Crippen LogP contribution in [0.4, 0.5) is 0 Å². The third-order valence-corrected chi connectivity index (χ3v) is 3.31. The zero-order valence-electron chi connectivity index (χ0n) is 11.2. The minimum atomic E-state index is 0.627. The summed E-state index contributed by atoms with van der Waals surface area (Å²) in [4.78, 5) is 0. The number of aryl methyl sites for hydroxylation is 2. The van der Waals surface area contributed by atoms with Crippen LogP contribution >= 0.6 is 0 Å². The van der Waals surface area contributed by atoms with Crippen LogP contribution in [0.5, 0.6) is 5.75 Å². The number of rotatable bonds is 7. The van der Waals surface area contributed by atoms with Crippen LogP contribution in [-0.2, 0) is 17.6 Å². The number of fused-ring (bicyclic) bond motifs is 1. The first-order valence-corrected chi connectivity index (χ1v) is 6.87. The van der Waals surface area contributed by atoms with Crippen LogP contribution in [0.3, 0.4) is 0 Å². The van der Waals surface area contributed by atoms with E-state index in [1.165, 1.54) is 36.8 Å². The second-order valence-electron chi connectivity index (χ2n) is 4.70. The normalized spacial score (nSPS) is 14.3. The first-order valence-electron chi connectivity index (χ1n) is 6.87. The molecule has 0 atom stereocenters. The molecule has 0 aliphatic heterocycles. The van der Waals surface area contributed by atoms with E-state index in [0.717, 1.165) is 18.9 Å². The first-order chi connectivity index (χ1) is 8.90. The van der Waals surface area contributed by atoms with Crippen molar-refractivity contribution in [1.29, 1.82) is 0 Å². The van der Waals surface area contributed by atoms with Gasteiger partial charge in [0.15, 0.2) is 0 Å². The molecule has 3 nitrogen and oxygen atoms in total. The molecule has 1 aliphatic carbocycles. The maximum absolute atomic E-state index is 5.71. The van der Waals surface area contributed by atoms with Gasteiger partial charge in [-0.3, -0.25) is 0 Å². The molecule has 0 bridgehead atoms. The highest BCUT2D eigenvalue weighted by Crippen LogP contribution is 2.25. The molecule has 0 spiro atoms. The van der Waals surface area contributed by atoms with Gasteiger partial charge >= 0.3 is 0 Å². The summed E-state index contributed by atoms with van der Waals surface area (Å²) in [6.45, 7) is 2.91. The molecule has 3 heteroatoms. The third-order valence-electron chi connectivity index (χ3n) is 3.31. The Morgan fingerprint density at radius 1 is 1.06 bits per heavy atom. The molecule has 1 aliphatic rings. The highest BCUT2D eigenvalue weighted by atomic mass is 16.5. The van der Waals surface area contributed by atoms with E-state index in [9.17, 15) is 0 Å². The Morgan fingerprint density at radius 3 is 2.72 bits per heavy atom. The van der Waals surface area contributed by atoms with E-state index >= 15 is 0 Å². The molecule has 100 valence electrons. The van der Waals surface area contributed by atoms with Gasteiger partial charge in [-0.1, -0.05) is 6.07 Å². The molecule has 0 heterocycles. The average Bonchev–Trinajstić information content (AvgIpc) is 2.42. The van der Waals surface area contributed by atoms with Gasteiger partial charge in [0.2, 0.25) is 0 Å². The molecule has 0 saturated heterocycles. The van der Waals surface area contributed by atoms with Crippen LogP contribution in [0.15, 0.2) is 18.2 Å². The van der Waals surface area contributed by atoms with Crippen molar-refractivity contribution in [1.82, 2.24) is 5.32 Å². The molecule has 2 rings (SSSR count). The Hall–Kier alpha value is -1.06. The molecule has 1 aromatic carbocycles. The average molecular weight is 249 g/mol. The summed E-state index contributed by atoms with van der Waals surface area (Å²) in [7, 11) is 1.92. The predicted octanol–water partition coefficient (Wildman–Crippen LogP) is 2.18. The van der Waals surface area contributed by atoms with E-state index < -0.39 is 0 Å². The highest BCUT2D eigenvalue weighted by Gasteiger charge is 2.09. The summed E-state index contributed by atoms with van der Waals surface area (Å²) in [6, 6.07) is 6.49. The summed E-state index contributed by atoms with van der Waals surface area (Å²) in [5.74, 6) is 0.980. The third kappa shape index (κ3) is 4.00. The van der Waals surface area contributed by atoms with E-state index in [4.69, 9.17) is 9.47 Å². The Balaban J connectivity index is 1.72. The molecular formula is C15H23NO2. The summed E-state index contributed by atoms with van der Waals surface area (Å²) >= 11 is 0. The summed E-state index contributed by atoms with van der Waals surface area (Å²) in [5, 5.41) is 3.04. The van der Waals surface area contributed by atoms with Gasteiger partial charge in [0, 0.05) is 6.54 Å². The van der Waals surface area contributed by atoms with Gasteiger partial charge in [0.05, 0.1) is 13.2 Å². The van der Waals surface area contributed by atoms with Crippen LogP contribution in [0.25, 0.3) is 0 Å². The largest absolute Gasteiger partial charge is 0.491 e. The standard InChI is InChI=1S/C15H23NO2/c1-16-8-9-17-10-11-18-15-7-6-13-4-2-3-5-14(13)12-15/h6-7,12,16H,2-5,8-11H2,1H3. The molecule has 0 fully saturated rings. The predicted molar refractivity (Wildman–Crippen MR) is 73.3 cm³/mol. The Bertz CT molecular complexity index is 366. The number of hydrogen-bond donors (Lipinski definition) is 1. The zero-order valence-corrected chi connectivity index (χ0v) is 11.2. The summed E-state index contributed by atoms with van der Waals surface area (Å²) in [6.07, 6.45) is 5.06. The molecule has 0 radical (unpaired) electrons. The van der Waals surface area contributed by atoms with Crippen molar-refractivity contribution < 1.29 is 9.47 Å². The molecule has 0 saturated carbocycles. The molecule has 1 N–H and O–H groups in total. The van der Waals surface area contributed by atoms with E-state index in [1.807, 2.05) is 7.05 Å². The van der Waals surface area contributed by atoms with E-state index in [0.29, 0.717) is 13.2 Å². The minimum Gasteiger partial charge on any atom is -0.491 e. The fraction of sp³-hybridized carbons (Fsp3) is 0.600. The Morgan fingerprint density at radius 2 is 1.89 bits per heavy atom. The lowest BCUT2D eigenvalue weighted by molar-refractivity contribution is 0.103. The monoisotopic (exact) mass is 249 g/mol. The van der Waals surface area contributed by atoms with Crippen molar-refractivity contribution in [3.05, 3.63) is 29.3 Å². The molecule has 0 unspecified atom stereocenters. The molecule has 1 aromatic rings. The van der Waals surface area contributed by atoms with Gasteiger partial charge in [-0.25, -0.2) is 0 Å². The summed E-state index contributed by atoms with van der Waals surface area (Å²) in [5.41, 5.74) is 2.97. The van der Waals surface area contributed by atoms with E-state index in [-0.39, 0.29) is 0 Å². The number of likely N-dealkylation sites (N-methyl/N-ethyl adjacent to an activating group) is 1. The molecule has 18 heavy (non-hydrogen) atoms. The van der Waals surface area contributed by atoms with Crippen LogP contribution in [-0.4, -0.2) is 33.4 Å². The fourth-order valence-electron chi connectivity index (χ4n) is 2.29. The lowest BCUT2D eigenvalue weighted by atomic mass is 9.92.